The van der Waals surface area contributed by atoms with E-state index in [1.807, 2.05) is 48.5 Å². The maximum Gasteiger partial charge on any atom is 0.119 e. The number of hydrogen-bond acceptors (Lipinski definition) is 3. The molecule has 0 bridgehead atoms. The molecule has 0 saturated carbocycles. The molecule has 17 heavy (non-hydrogen) atoms. The van der Waals surface area contributed by atoms with Gasteiger partial charge in [-0.1, -0.05) is 28.1 Å². The first-order valence-corrected chi connectivity index (χ1v) is 6.58. The molecule has 0 amide bonds. The molecule has 0 aliphatic heterocycles. The summed E-state index contributed by atoms with van der Waals surface area (Å²) < 4.78 is 6.02. The summed E-state index contributed by atoms with van der Waals surface area (Å²) >= 11 is 11.6. The molecule has 90 valence electrons. The Morgan fingerprint density at radius 1 is 0.941 bits per heavy atom. The summed E-state index contributed by atoms with van der Waals surface area (Å²) in [6.45, 7) is 0. The molecular weight excluding hydrogens is 316 g/mol. The standard InChI is InChI=1S/C7H8OS.C6H5BrS/c1-8-6-3-2-4-7(9)5-6;7-5-2-1-3-6(8)4-5/h2-5,9H,1H3;1-4,8H. The van der Waals surface area contributed by atoms with E-state index in [2.05, 4.69) is 41.2 Å². The fourth-order valence-electron chi connectivity index (χ4n) is 1.09. The van der Waals surface area contributed by atoms with Crippen molar-refractivity contribution in [3.05, 3.63) is 53.0 Å². The Morgan fingerprint density at radius 2 is 1.53 bits per heavy atom. The van der Waals surface area contributed by atoms with Gasteiger partial charge in [0.25, 0.3) is 0 Å². The van der Waals surface area contributed by atoms with Gasteiger partial charge in [-0.25, -0.2) is 0 Å². The molecule has 0 aliphatic carbocycles. The second-order valence-corrected chi connectivity index (χ2v) is 5.13. The quantitative estimate of drug-likeness (QED) is 0.720. The second kappa shape index (κ2) is 7.69. The normalized spacial score (nSPS) is 9.18. The van der Waals surface area contributed by atoms with Crippen molar-refractivity contribution in [2.45, 2.75) is 9.79 Å². The summed E-state index contributed by atoms with van der Waals surface area (Å²) in [5.74, 6) is 0.850. The van der Waals surface area contributed by atoms with Gasteiger partial charge in [0.05, 0.1) is 7.11 Å². The second-order valence-electron chi connectivity index (χ2n) is 3.18. The van der Waals surface area contributed by atoms with Gasteiger partial charge in [0, 0.05) is 14.3 Å². The first-order chi connectivity index (χ1) is 8.11. The Kier molecular flexibility index (Phi) is 6.55. The highest BCUT2D eigenvalue weighted by molar-refractivity contribution is 9.10. The SMILES string of the molecule is COc1cccc(S)c1.Sc1cccc(Br)c1. The van der Waals surface area contributed by atoms with Crippen LogP contribution in [0.3, 0.4) is 0 Å². The van der Waals surface area contributed by atoms with Gasteiger partial charge in [-0.2, -0.15) is 0 Å². The minimum Gasteiger partial charge on any atom is -0.497 e. The number of benzene rings is 2. The summed E-state index contributed by atoms with van der Waals surface area (Å²) in [6, 6.07) is 15.4. The minimum atomic E-state index is 0.850. The summed E-state index contributed by atoms with van der Waals surface area (Å²) in [5.41, 5.74) is 0. The first kappa shape index (κ1) is 14.5. The Morgan fingerprint density at radius 3 is 1.88 bits per heavy atom. The smallest absolute Gasteiger partial charge is 0.119 e. The molecule has 1 nitrogen and oxygen atoms in total. The number of rotatable bonds is 1. The van der Waals surface area contributed by atoms with Crippen LogP contribution in [0.1, 0.15) is 0 Å². The molecule has 0 fully saturated rings. The van der Waals surface area contributed by atoms with Crippen LogP contribution in [-0.4, -0.2) is 7.11 Å². The summed E-state index contributed by atoms with van der Waals surface area (Å²) in [5, 5.41) is 0. The van der Waals surface area contributed by atoms with E-state index in [0.29, 0.717) is 0 Å². The molecule has 0 radical (unpaired) electrons. The number of hydrogen-bond donors (Lipinski definition) is 2. The maximum atomic E-state index is 4.95. The van der Waals surface area contributed by atoms with Crippen molar-refractivity contribution in [3.63, 3.8) is 0 Å². The first-order valence-electron chi connectivity index (χ1n) is 4.89. The lowest BCUT2D eigenvalue weighted by molar-refractivity contribution is 0.413. The lowest BCUT2D eigenvalue weighted by Crippen LogP contribution is -1.80. The molecule has 0 atom stereocenters. The number of methoxy groups -OCH3 is 1. The zero-order chi connectivity index (χ0) is 12.7. The van der Waals surface area contributed by atoms with Crippen LogP contribution in [0.4, 0.5) is 0 Å². The maximum absolute atomic E-state index is 4.95. The highest BCUT2D eigenvalue weighted by atomic mass is 79.9. The van der Waals surface area contributed by atoms with Crippen molar-refractivity contribution in [1.82, 2.24) is 0 Å². The summed E-state index contributed by atoms with van der Waals surface area (Å²) in [6.07, 6.45) is 0. The van der Waals surface area contributed by atoms with Gasteiger partial charge in [-0.15, -0.1) is 25.3 Å². The third kappa shape index (κ3) is 6.05. The van der Waals surface area contributed by atoms with Gasteiger partial charge >= 0.3 is 0 Å². The zero-order valence-corrected chi connectivity index (χ0v) is 12.7. The van der Waals surface area contributed by atoms with Gasteiger partial charge < -0.3 is 4.74 Å². The van der Waals surface area contributed by atoms with Crippen molar-refractivity contribution in [1.29, 1.82) is 0 Å². The fraction of sp³-hybridized carbons (Fsp3) is 0.0769. The molecule has 2 aromatic carbocycles. The van der Waals surface area contributed by atoms with Gasteiger partial charge in [0.15, 0.2) is 0 Å². The number of thiol groups is 2. The van der Waals surface area contributed by atoms with E-state index >= 15 is 0 Å². The van der Waals surface area contributed by atoms with Crippen molar-refractivity contribution < 1.29 is 4.74 Å². The molecule has 0 aliphatic rings. The van der Waals surface area contributed by atoms with E-state index in [1.54, 1.807) is 7.11 Å². The molecule has 2 aromatic rings. The Balaban J connectivity index is 0.000000171. The topological polar surface area (TPSA) is 9.23 Å². The average Bonchev–Trinajstić information content (AvgIpc) is 2.29. The van der Waals surface area contributed by atoms with E-state index in [9.17, 15) is 0 Å². The molecule has 0 N–H and O–H groups in total. The van der Waals surface area contributed by atoms with Crippen LogP contribution in [-0.2, 0) is 0 Å². The van der Waals surface area contributed by atoms with Crippen molar-refractivity contribution in [2.75, 3.05) is 7.11 Å². The van der Waals surface area contributed by atoms with Crippen LogP contribution >= 0.6 is 41.2 Å². The van der Waals surface area contributed by atoms with Crippen molar-refractivity contribution in [3.8, 4) is 5.75 Å². The van der Waals surface area contributed by atoms with Crippen LogP contribution in [0.25, 0.3) is 0 Å². The molecule has 0 aromatic heterocycles. The van der Waals surface area contributed by atoms with Gasteiger partial charge in [-0.05, 0) is 36.4 Å². The van der Waals surface area contributed by atoms with Crippen LogP contribution in [0.5, 0.6) is 5.75 Å². The Labute approximate surface area is 121 Å². The van der Waals surface area contributed by atoms with Crippen molar-refractivity contribution in [2.24, 2.45) is 0 Å². The average molecular weight is 329 g/mol. The van der Waals surface area contributed by atoms with Crippen LogP contribution in [0.15, 0.2) is 62.8 Å². The van der Waals surface area contributed by atoms with Gasteiger partial charge in [0.2, 0.25) is 0 Å². The Hall–Kier alpha value is -0.580. The van der Waals surface area contributed by atoms with Crippen LogP contribution in [0, 0.1) is 0 Å². The largest absolute Gasteiger partial charge is 0.497 e. The van der Waals surface area contributed by atoms with E-state index < -0.39 is 0 Å². The lowest BCUT2D eigenvalue weighted by atomic mass is 10.3. The van der Waals surface area contributed by atoms with Gasteiger partial charge in [-0.3, -0.25) is 0 Å². The predicted molar refractivity (Wildman–Crippen MR) is 81.6 cm³/mol. The fourth-order valence-corrected chi connectivity index (χ4v) is 2.10. The summed E-state index contributed by atoms with van der Waals surface area (Å²) in [7, 11) is 1.64. The number of ether oxygens (including phenoxy) is 1. The predicted octanol–water partition coefficient (Wildman–Crippen LogP) is 4.72. The molecule has 0 unspecified atom stereocenters. The Bertz CT molecular complexity index is 457. The molecule has 4 heteroatoms. The molecule has 2 rings (SSSR count). The van der Waals surface area contributed by atoms with Crippen LogP contribution in [0.2, 0.25) is 0 Å². The minimum absolute atomic E-state index is 0.850. The van der Waals surface area contributed by atoms with Gasteiger partial charge in [0.1, 0.15) is 5.75 Å². The van der Waals surface area contributed by atoms with E-state index in [4.69, 9.17) is 4.74 Å². The van der Waals surface area contributed by atoms with Crippen LogP contribution < -0.4 is 4.74 Å². The van der Waals surface area contributed by atoms with Crippen molar-refractivity contribution >= 4 is 41.2 Å². The number of halogens is 1. The third-order valence-corrected chi connectivity index (χ3v) is 2.91. The third-order valence-electron chi connectivity index (χ3n) is 1.86. The summed E-state index contributed by atoms with van der Waals surface area (Å²) in [4.78, 5) is 1.91. The molecule has 0 heterocycles. The zero-order valence-electron chi connectivity index (χ0n) is 9.30. The molecule has 0 spiro atoms. The molecule has 0 saturated heterocycles. The highest BCUT2D eigenvalue weighted by Gasteiger charge is 1.87. The monoisotopic (exact) mass is 328 g/mol. The molecular formula is C13H13BrOS2. The van der Waals surface area contributed by atoms with E-state index in [1.165, 1.54) is 0 Å². The lowest BCUT2D eigenvalue weighted by Gasteiger charge is -1.97. The van der Waals surface area contributed by atoms with E-state index in [-0.39, 0.29) is 0 Å². The highest BCUT2D eigenvalue weighted by Crippen LogP contribution is 2.14. The van der Waals surface area contributed by atoms with E-state index in [0.717, 1.165) is 20.0 Å².